The van der Waals surface area contributed by atoms with Crippen LogP contribution in [0.5, 0.6) is 0 Å². The number of ketones is 2. The van der Waals surface area contributed by atoms with E-state index in [9.17, 15) is 9.59 Å². The van der Waals surface area contributed by atoms with Crippen LogP contribution in [0.4, 0.5) is 0 Å². The van der Waals surface area contributed by atoms with Gasteiger partial charge in [0, 0.05) is 29.4 Å². The minimum absolute atomic E-state index is 0.0677. The lowest BCUT2D eigenvalue weighted by molar-refractivity contribution is 0.0978. The van der Waals surface area contributed by atoms with Crippen LogP contribution in [-0.2, 0) is 11.2 Å². The highest BCUT2D eigenvalue weighted by atomic mass is 16.5. The summed E-state index contributed by atoms with van der Waals surface area (Å²) in [6, 6.07) is 12.4. The van der Waals surface area contributed by atoms with E-state index in [1.807, 2.05) is 12.1 Å². The Bertz CT molecular complexity index is 701. The summed E-state index contributed by atoms with van der Waals surface area (Å²) in [5, 5.41) is 0. The van der Waals surface area contributed by atoms with Gasteiger partial charge in [-0.2, -0.15) is 0 Å². The Morgan fingerprint density at radius 2 is 1.50 bits per heavy atom. The maximum Gasteiger partial charge on any atom is 0.194 e. The maximum atomic E-state index is 12.6. The standard InChI is InChI=1S/C17H14O3/c1-20-10-9-11-5-4-8-14-15(11)17(19)13-7-3-2-6-12(13)16(14)18/h2-8H,9-10H2,1H3. The van der Waals surface area contributed by atoms with Crippen molar-refractivity contribution in [3.05, 3.63) is 70.3 Å². The minimum atomic E-state index is -0.0746. The average molecular weight is 266 g/mol. The molecule has 0 radical (unpaired) electrons. The summed E-state index contributed by atoms with van der Waals surface area (Å²) in [5.41, 5.74) is 2.90. The zero-order valence-electron chi connectivity index (χ0n) is 11.2. The Labute approximate surface area is 117 Å². The molecule has 2 aromatic carbocycles. The van der Waals surface area contributed by atoms with E-state index in [-0.39, 0.29) is 11.6 Å². The summed E-state index contributed by atoms with van der Waals surface area (Å²) in [6.07, 6.45) is 0.626. The number of methoxy groups -OCH3 is 1. The first-order chi connectivity index (χ1) is 9.74. The Kier molecular flexibility index (Phi) is 3.20. The van der Waals surface area contributed by atoms with E-state index >= 15 is 0 Å². The fourth-order valence-corrected chi connectivity index (χ4v) is 2.64. The number of carbonyl (C=O) groups excluding carboxylic acids is 2. The highest BCUT2D eigenvalue weighted by Crippen LogP contribution is 2.29. The third kappa shape index (κ3) is 1.87. The third-order valence-electron chi connectivity index (χ3n) is 3.61. The molecule has 0 saturated heterocycles. The molecule has 20 heavy (non-hydrogen) atoms. The van der Waals surface area contributed by atoms with Gasteiger partial charge in [0.1, 0.15) is 0 Å². The van der Waals surface area contributed by atoms with Crippen molar-refractivity contribution in [2.24, 2.45) is 0 Å². The second kappa shape index (κ2) is 5.02. The molecule has 1 aliphatic carbocycles. The van der Waals surface area contributed by atoms with Crippen molar-refractivity contribution < 1.29 is 14.3 Å². The van der Waals surface area contributed by atoms with Crippen LogP contribution >= 0.6 is 0 Å². The SMILES string of the molecule is COCCc1cccc2c1C(=O)c1ccccc1C2=O. The molecular weight excluding hydrogens is 252 g/mol. The first-order valence-electron chi connectivity index (χ1n) is 6.53. The van der Waals surface area contributed by atoms with Gasteiger partial charge >= 0.3 is 0 Å². The fraction of sp³-hybridized carbons (Fsp3) is 0.176. The fourth-order valence-electron chi connectivity index (χ4n) is 2.64. The quantitative estimate of drug-likeness (QED) is 0.732. The lowest BCUT2D eigenvalue weighted by Gasteiger charge is -2.19. The topological polar surface area (TPSA) is 43.4 Å². The van der Waals surface area contributed by atoms with Gasteiger partial charge in [0.05, 0.1) is 6.61 Å². The van der Waals surface area contributed by atoms with Gasteiger partial charge in [0.2, 0.25) is 0 Å². The van der Waals surface area contributed by atoms with E-state index in [1.54, 1.807) is 37.4 Å². The van der Waals surface area contributed by atoms with E-state index in [0.29, 0.717) is 35.3 Å². The van der Waals surface area contributed by atoms with Crippen molar-refractivity contribution in [1.29, 1.82) is 0 Å². The minimum Gasteiger partial charge on any atom is -0.384 e. The largest absolute Gasteiger partial charge is 0.384 e. The van der Waals surface area contributed by atoms with Gasteiger partial charge in [-0.05, 0) is 12.0 Å². The van der Waals surface area contributed by atoms with Crippen molar-refractivity contribution in [2.75, 3.05) is 13.7 Å². The summed E-state index contributed by atoms with van der Waals surface area (Å²) >= 11 is 0. The van der Waals surface area contributed by atoms with E-state index in [2.05, 4.69) is 0 Å². The Morgan fingerprint density at radius 1 is 0.850 bits per heavy atom. The summed E-state index contributed by atoms with van der Waals surface area (Å²) in [6.45, 7) is 0.527. The first-order valence-corrected chi connectivity index (χ1v) is 6.53. The lowest BCUT2D eigenvalue weighted by Crippen LogP contribution is -2.22. The van der Waals surface area contributed by atoms with Crippen LogP contribution in [0, 0.1) is 0 Å². The van der Waals surface area contributed by atoms with Gasteiger partial charge < -0.3 is 4.74 Å². The maximum absolute atomic E-state index is 12.6. The predicted molar refractivity (Wildman–Crippen MR) is 75.3 cm³/mol. The molecule has 0 aromatic heterocycles. The normalized spacial score (nSPS) is 13.1. The number of rotatable bonds is 3. The van der Waals surface area contributed by atoms with Crippen LogP contribution in [0.3, 0.4) is 0 Å². The van der Waals surface area contributed by atoms with Gasteiger partial charge in [-0.15, -0.1) is 0 Å². The Hall–Kier alpha value is -2.26. The molecule has 2 aromatic rings. The van der Waals surface area contributed by atoms with Gasteiger partial charge in [-0.25, -0.2) is 0 Å². The molecule has 100 valence electrons. The molecule has 0 aliphatic heterocycles. The molecule has 0 unspecified atom stereocenters. The van der Waals surface area contributed by atoms with Crippen LogP contribution in [0.15, 0.2) is 42.5 Å². The zero-order chi connectivity index (χ0) is 14.1. The smallest absolute Gasteiger partial charge is 0.194 e. The van der Waals surface area contributed by atoms with Crippen LogP contribution in [0.2, 0.25) is 0 Å². The van der Waals surface area contributed by atoms with Crippen LogP contribution in [-0.4, -0.2) is 25.3 Å². The number of benzene rings is 2. The van der Waals surface area contributed by atoms with E-state index in [4.69, 9.17) is 4.74 Å². The van der Waals surface area contributed by atoms with E-state index in [0.717, 1.165) is 5.56 Å². The van der Waals surface area contributed by atoms with E-state index < -0.39 is 0 Å². The van der Waals surface area contributed by atoms with Gasteiger partial charge in [-0.3, -0.25) is 9.59 Å². The number of ether oxygens (including phenoxy) is 1. The molecule has 0 heterocycles. The summed E-state index contributed by atoms with van der Waals surface area (Å²) in [4.78, 5) is 25.1. The lowest BCUT2D eigenvalue weighted by atomic mass is 9.81. The van der Waals surface area contributed by atoms with Crippen LogP contribution in [0.25, 0.3) is 0 Å². The monoisotopic (exact) mass is 266 g/mol. The summed E-state index contributed by atoms with van der Waals surface area (Å²) < 4.78 is 5.07. The molecule has 1 aliphatic rings. The van der Waals surface area contributed by atoms with Crippen molar-refractivity contribution in [3.63, 3.8) is 0 Å². The molecule has 3 nitrogen and oxygen atoms in total. The zero-order valence-corrected chi connectivity index (χ0v) is 11.2. The van der Waals surface area contributed by atoms with Gasteiger partial charge in [-0.1, -0.05) is 42.5 Å². The summed E-state index contributed by atoms with van der Waals surface area (Å²) in [5.74, 6) is -0.142. The van der Waals surface area contributed by atoms with Crippen molar-refractivity contribution in [2.45, 2.75) is 6.42 Å². The second-order valence-electron chi connectivity index (χ2n) is 4.79. The van der Waals surface area contributed by atoms with E-state index in [1.165, 1.54) is 0 Å². The molecule has 0 N–H and O–H groups in total. The van der Waals surface area contributed by atoms with Crippen LogP contribution < -0.4 is 0 Å². The van der Waals surface area contributed by atoms with Crippen molar-refractivity contribution >= 4 is 11.6 Å². The molecule has 3 rings (SSSR count). The number of hydrogen-bond donors (Lipinski definition) is 0. The Balaban J connectivity index is 2.18. The highest BCUT2D eigenvalue weighted by molar-refractivity contribution is 6.28. The van der Waals surface area contributed by atoms with Crippen molar-refractivity contribution in [3.8, 4) is 0 Å². The van der Waals surface area contributed by atoms with Gasteiger partial charge in [0.25, 0.3) is 0 Å². The average Bonchev–Trinajstić information content (AvgIpc) is 2.50. The highest BCUT2D eigenvalue weighted by Gasteiger charge is 2.30. The molecule has 0 fully saturated rings. The molecule has 0 spiro atoms. The van der Waals surface area contributed by atoms with Crippen LogP contribution in [0.1, 0.15) is 37.4 Å². The molecule has 0 bridgehead atoms. The second-order valence-corrected chi connectivity index (χ2v) is 4.79. The molecule has 0 atom stereocenters. The Morgan fingerprint density at radius 3 is 2.20 bits per heavy atom. The number of hydrogen-bond acceptors (Lipinski definition) is 3. The van der Waals surface area contributed by atoms with Gasteiger partial charge in [0.15, 0.2) is 11.6 Å². The predicted octanol–water partition coefficient (Wildman–Crippen LogP) is 2.65. The third-order valence-corrected chi connectivity index (χ3v) is 3.61. The number of carbonyl (C=O) groups is 2. The number of fused-ring (bicyclic) bond motifs is 2. The van der Waals surface area contributed by atoms with Crippen molar-refractivity contribution in [1.82, 2.24) is 0 Å². The molecular formula is C17H14O3. The molecule has 3 heteroatoms. The summed E-state index contributed by atoms with van der Waals surface area (Å²) in [7, 11) is 1.62. The first kappa shape index (κ1) is 12.8. The molecule has 0 amide bonds. The molecule has 0 saturated carbocycles.